The number of carbonyl (C=O) groups is 1. The summed E-state index contributed by atoms with van der Waals surface area (Å²) in [4.78, 5) is 14.7. The Bertz CT molecular complexity index is 377. The number of carbonyl (C=O) groups excluding carboxylic acids is 1. The molecule has 5 nitrogen and oxygen atoms in total. The predicted octanol–water partition coefficient (Wildman–Crippen LogP) is 0.905. The quantitative estimate of drug-likeness (QED) is 0.795. The van der Waals surface area contributed by atoms with Crippen LogP contribution in [0.15, 0.2) is 0 Å². The van der Waals surface area contributed by atoms with Crippen LogP contribution in [-0.4, -0.2) is 59.9 Å². The van der Waals surface area contributed by atoms with Gasteiger partial charge in [0.05, 0.1) is 31.4 Å². The van der Waals surface area contributed by atoms with E-state index in [0.717, 1.165) is 12.3 Å². The summed E-state index contributed by atoms with van der Waals surface area (Å²) in [6.07, 6.45) is 7.07. The monoisotopic (exact) mass is 296 g/mol. The molecular weight excluding hydrogens is 268 g/mol. The van der Waals surface area contributed by atoms with Crippen LogP contribution in [0.1, 0.15) is 45.4 Å². The van der Waals surface area contributed by atoms with E-state index in [-0.39, 0.29) is 30.7 Å². The van der Waals surface area contributed by atoms with Crippen molar-refractivity contribution in [1.29, 1.82) is 0 Å². The SMILES string of the molecule is CC1COC(CO)CN1C(=O)C1CCC2CCCCC2N1. The molecule has 0 spiro atoms. The maximum atomic E-state index is 12.8. The molecule has 1 aliphatic carbocycles. The zero-order chi connectivity index (χ0) is 14.8. The van der Waals surface area contributed by atoms with Crippen molar-refractivity contribution in [2.75, 3.05) is 19.8 Å². The second-order valence-electron chi connectivity index (χ2n) is 6.93. The summed E-state index contributed by atoms with van der Waals surface area (Å²) in [6.45, 7) is 3.05. The van der Waals surface area contributed by atoms with Crippen LogP contribution in [0.4, 0.5) is 0 Å². The maximum absolute atomic E-state index is 12.8. The first-order chi connectivity index (χ1) is 10.2. The Balaban J connectivity index is 1.61. The lowest BCUT2D eigenvalue weighted by Crippen LogP contribution is -2.60. The molecule has 0 aromatic carbocycles. The van der Waals surface area contributed by atoms with Gasteiger partial charge in [-0.15, -0.1) is 0 Å². The maximum Gasteiger partial charge on any atom is 0.240 e. The first kappa shape index (κ1) is 15.3. The minimum atomic E-state index is -0.226. The number of aliphatic hydroxyl groups excluding tert-OH is 1. The molecule has 2 saturated heterocycles. The van der Waals surface area contributed by atoms with Gasteiger partial charge in [0.2, 0.25) is 5.91 Å². The van der Waals surface area contributed by atoms with Gasteiger partial charge in [0.1, 0.15) is 0 Å². The normalized spacial score (nSPS) is 40.7. The van der Waals surface area contributed by atoms with Gasteiger partial charge in [-0.25, -0.2) is 0 Å². The second kappa shape index (κ2) is 6.63. The molecule has 5 unspecified atom stereocenters. The van der Waals surface area contributed by atoms with E-state index in [1.54, 1.807) is 0 Å². The number of piperidine rings is 1. The molecule has 3 aliphatic rings. The van der Waals surface area contributed by atoms with Gasteiger partial charge >= 0.3 is 0 Å². The van der Waals surface area contributed by atoms with Gasteiger partial charge in [-0.05, 0) is 38.5 Å². The molecule has 5 atom stereocenters. The molecule has 0 aromatic heterocycles. The van der Waals surface area contributed by atoms with E-state index in [1.807, 2.05) is 11.8 Å². The van der Waals surface area contributed by atoms with Gasteiger partial charge in [-0.1, -0.05) is 12.8 Å². The average Bonchev–Trinajstić information content (AvgIpc) is 2.54. The van der Waals surface area contributed by atoms with Crippen molar-refractivity contribution >= 4 is 5.91 Å². The molecule has 0 aromatic rings. The second-order valence-corrected chi connectivity index (χ2v) is 6.93. The Hall–Kier alpha value is -0.650. The summed E-state index contributed by atoms with van der Waals surface area (Å²) >= 11 is 0. The third kappa shape index (κ3) is 3.25. The minimum absolute atomic E-state index is 0.0146. The Labute approximate surface area is 127 Å². The third-order valence-electron chi connectivity index (χ3n) is 5.44. The highest BCUT2D eigenvalue weighted by Gasteiger charge is 2.38. The Morgan fingerprint density at radius 3 is 2.90 bits per heavy atom. The van der Waals surface area contributed by atoms with Crippen LogP contribution in [-0.2, 0) is 9.53 Å². The molecule has 0 radical (unpaired) electrons. The zero-order valence-corrected chi connectivity index (χ0v) is 13.0. The molecular formula is C16H28N2O3. The number of hydrogen-bond donors (Lipinski definition) is 2. The summed E-state index contributed by atoms with van der Waals surface area (Å²) in [5, 5.41) is 12.9. The standard InChI is InChI=1S/C16H28N2O3/c1-11-10-21-13(9-19)8-18(11)16(20)15-7-6-12-4-2-3-5-14(12)17-15/h11-15,17,19H,2-10H2,1H3. The number of aliphatic hydroxyl groups is 1. The fourth-order valence-corrected chi connectivity index (χ4v) is 4.12. The summed E-state index contributed by atoms with van der Waals surface area (Å²) < 4.78 is 5.53. The topological polar surface area (TPSA) is 61.8 Å². The minimum Gasteiger partial charge on any atom is -0.394 e. The number of nitrogens with one attached hydrogen (secondary N) is 1. The molecule has 2 aliphatic heterocycles. The number of rotatable bonds is 2. The van der Waals surface area contributed by atoms with Crippen molar-refractivity contribution < 1.29 is 14.6 Å². The molecule has 3 rings (SSSR count). The van der Waals surface area contributed by atoms with Crippen molar-refractivity contribution in [3.63, 3.8) is 0 Å². The summed E-state index contributed by atoms with van der Waals surface area (Å²) in [6, 6.07) is 0.599. The van der Waals surface area contributed by atoms with Crippen LogP contribution in [0, 0.1) is 5.92 Å². The molecule has 5 heteroatoms. The Morgan fingerprint density at radius 1 is 1.29 bits per heavy atom. The van der Waals surface area contributed by atoms with Gasteiger partial charge in [0.25, 0.3) is 0 Å². The molecule has 21 heavy (non-hydrogen) atoms. The molecule has 2 heterocycles. The zero-order valence-electron chi connectivity index (χ0n) is 13.0. The first-order valence-electron chi connectivity index (χ1n) is 8.48. The molecule has 120 valence electrons. The van der Waals surface area contributed by atoms with Gasteiger partial charge in [-0.2, -0.15) is 0 Å². The number of nitrogens with zero attached hydrogens (tertiary/aromatic N) is 1. The summed E-state index contributed by atoms with van der Waals surface area (Å²) in [5.41, 5.74) is 0. The van der Waals surface area contributed by atoms with Gasteiger partial charge < -0.3 is 20.1 Å². The van der Waals surface area contributed by atoms with E-state index in [9.17, 15) is 9.90 Å². The highest BCUT2D eigenvalue weighted by Crippen LogP contribution is 2.32. The van der Waals surface area contributed by atoms with Crippen LogP contribution < -0.4 is 5.32 Å². The van der Waals surface area contributed by atoms with Crippen molar-refractivity contribution in [2.45, 2.75) is 69.7 Å². The van der Waals surface area contributed by atoms with E-state index in [2.05, 4.69) is 5.32 Å². The van der Waals surface area contributed by atoms with Crippen LogP contribution in [0.2, 0.25) is 0 Å². The summed E-state index contributed by atoms with van der Waals surface area (Å²) in [5.74, 6) is 0.975. The lowest BCUT2D eigenvalue weighted by atomic mass is 9.77. The van der Waals surface area contributed by atoms with Gasteiger partial charge in [0, 0.05) is 12.6 Å². The highest BCUT2D eigenvalue weighted by atomic mass is 16.5. The van der Waals surface area contributed by atoms with Crippen molar-refractivity contribution in [1.82, 2.24) is 10.2 Å². The van der Waals surface area contributed by atoms with E-state index in [1.165, 1.54) is 32.1 Å². The number of morpholine rings is 1. The molecule has 2 N–H and O–H groups in total. The predicted molar refractivity (Wildman–Crippen MR) is 79.9 cm³/mol. The van der Waals surface area contributed by atoms with Crippen LogP contribution in [0.3, 0.4) is 0 Å². The van der Waals surface area contributed by atoms with E-state index < -0.39 is 0 Å². The third-order valence-corrected chi connectivity index (χ3v) is 5.44. The van der Waals surface area contributed by atoms with Crippen molar-refractivity contribution in [3.05, 3.63) is 0 Å². The number of amides is 1. The van der Waals surface area contributed by atoms with E-state index in [4.69, 9.17) is 4.74 Å². The lowest BCUT2D eigenvalue weighted by molar-refractivity contribution is -0.149. The largest absolute Gasteiger partial charge is 0.394 e. The van der Waals surface area contributed by atoms with Crippen LogP contribution >= 0.6 is 0 Å². The number of hydrogen-bond acceptors (Lipinski definition) is 4. The molecule has 0 bridgehead atoms. The molecule has 1 saturated carbocycles. The molecule has 1 amide bonds. The van der Waals surface area contributed by atoms with Crippen LogP contribution in [0.25, 0.3) is 0 Å². The van der Waals surface area contributed by atoms with Crippen molar-refractivity contribution in [2.24, 2.45) is 5.92 Å². The number of ether oxygens (including phenoxy) is 1. The van der Waals surface area contributed by atoms with E-state index in [0.29, 0.717) is 19.2 Å². The van der Waals surface area contributed by atoms with Crippen molar-refractivity contribution in [3.8, 4) is 0 Å². The molecule has 3 fully saturated rings. The average molecular weight is 296 g/mol. The Morgan fingerprint density at radius 2 is 2.10 bits per heavy atom. The summed E-state index contributed by atoms with van der Waals surface area (Å²) in [7, 11) is 0. The van der Waals surface area contributed by atoms with Crippen LogP contribution in [0.5, 0.6) is 0 Å². The lowest BCUT2D eigenvalue weighted by Gasteiger charge is -2.44. The highest BCUT2D eigenvalue weighted by molar-refractivity contribution is 5.82. The fourth-order valence-electron chi connectivity index (χ4n) is 4.12. The van der Waals surface area contributed by atoms with Gasteiger partial charge in [-0.3, -0.25) is 4.79 Å². The van der Waals surface area contributed by atoms with E-state index >= 15 is 0 Å². The Kier molecular flexibility index (Phi) is 4.82. The fraction of sp³-hybridized carbons (Fsp3) is 0.938. The first-order valence-corrected chi connectivity index (χ1v) is 8.48. The number of fused-ring (bicyclic) bond motifs is 1. The smallest absolute Gasteiger partial charge is 0.240 e. The van der Waals surface area contributed by atoms with Gasteiger partial charge in [0.15, 0.2) is 0 Å².